The van der Waals surface area contributed by atoms with Crippen LogP contribution in [0.3, 0.4) is 0 Å². The summed E-state index contributed by atoms with van der Waals surface area (Å²) in [6, 6.07) is 0. The average molecular weight is 255 g/mol. The van der Waals surface area contributed by atoms with E-state index < -0.39 is 0 Å². The molecule has 0 fully saturated rings. The van der Waals surface area contributed by atoms with Crippen LogP contribution in [0.25, 0.3) is 0 Å². The van der Waals surface area contributed by atoms with E-state index in [0.29, 0.717) is 0 Å². The van der Waals surface area contributed by atoms with Crippen LogP contribution in [0.2, 0.25) is 0 Å². The molecule has 0 aliphatic rings. The van der Waals surface area contributed by atoms with Crippen LogP contribution in [0.15, 0.2) is 0 Å². The van der Waals surface area contributed by atoms with E-state index in [1.165, 1.54) is 0 Å². The van der Waals surface area contributed by atoms with Crippen molar-refractivity contribution in [3.05, 3.63) is 0 Å². The zero-order valence-corrected chi connectivity index (χ0v) is 7.02. The maximum absolute atomic E-state index is 7.94. The fourth-order valence-electron chi connectivity index (χ4n) is 0. The summed E-state index contributed by atoms with van der Waals surface area (Å²) < 4.78 is 7.94. The molecule has 0 unspecified atom stereocenters. The number of hydrogen-bond acceptors (Lipinski definition) is 1. The molecule has 0 N–H and O–H groups in total. The molecule has 1 nitrogen and oxygen atoms in total. The van der Waals surface area contributed by atoms with Gasteiger partial charge in [0.2, 0.25) is 0 Å². The van der Waals surface area contributed by atoms with Crippen molar-refractivity contribution in [1.82, 2.24) is 0 Å². The summed E-state index contributed by atoms with van der Waals surface area (Å²) in [4.78, 5) is 0. The van der Waals surface area contributed by atoms with Crippen molar-refractivity contribution in [2.45, 2.75) is 0 Å². The van der Waals surface area contributed by atoms with Gasteiger partial charge in [0.25, 0.3) is 0 Å². The second-order valence-corrected chi connectivity index (χ2v) is 0. The van der Waals surface area contributed by atoms with E-state index in [4.69, 9.17) is 3.87 Å². The van der Waals surface area contributed by atoms with Crippen LogP contribution in [-0.4, -0.2) is 0 Å². The first-order valence-corrected chi connectivity index (χ1v) is 0.561. The topological polar surface area (TPSA) is 17.1 Å². The van der Waals surface area contributed by atoms with Gasteiger partial charge < -0.3 is 1.43 Å². The van der Waals surface area contributed by atoms with Gasteiger partial charge in [-0.1, -0.05) is 0 Å². The predicted molar refractivity (Wildman–Crippen MR) is 1.80 cm³/mol. The summed E-state index contributed by atoms with van der Waals surface area (Å²) in [5.74, 6) is 0. The molecule has 2 radical (unpaired) electrons. The van der Waals surface area contributed by atoms with Crippen LogP contribution in [0.1, 0.15) is 1.43 Å². The van der Waals surface area contributed by atoms with Gasteiger partial charge in [0.05, 0.1) is 0 Å². The molecule has 0 atom stereocenters. The third kappa shape index (κ3) is 32.2. The SMILES string of the molecule is [Co].[H-].[Li+].[Mn].[Ni].[O]=[Co]. The molecule has 0 aromatic rings. The molecule has 0 aliphatic carbocycles. The van der Waals surface area contributed by atoms with Crippen LogP contribution >= 0.6 is 0 Å². The summed E-state index contributed by atoms with van der Waals surface area (Å²) in [7, 11) is 0. The van der Waals surface area contributed by atoms with Crippen LogP contribution in [0, 0.1) is 0 Å². The van der Waals surface area contributed by atoms with Gasteiger partial charge in [-0.25, -0.2) is 0 Å². The fourth-order valence-corrected chi connectivity index (χ4v) is 0. The first-order valence-electron chi connectivity index (χ1n) is 0.136. The predicted octanol–water partition coefficient (Wildman–Crippen LogP) is -3.01. The Kier molecular flexibility index (Phi) is 344. The molecule has 6 heavy (non-hydrogen) atoms. The van der Waals surface area contributed by atoms with E-state index in [-0.39, 0.29) is 70.6 Å². The normalized spacial score (nSPS) is 0.833. The minimum atomic E-state index is 0. The van der Waals surface area contributed by atoms with Crippen molar-refractivity contribution in [2.75, 3.05) is 0 Å². The van der Waals surface area contributed by atoms with Crippen molar-refractivity contribution in [3.63, 3.8) is 0 Å². The second-order valence-electron chi connectivity index (χ2n) is 0. The van der Waals surface area contributed by atoms with Crippen LogP contribution in [-0.2, 0) is 69.9 Å². The Morgan fingerprint density at radius 3 is 1.33 bits per heavy atom. The molecule has 6 heteroatoms. The van der Waals surface area contributed by atoms with E-state index >= 15 is 0 Å². The molecule has 0 bridgehead atoms. The fraction of sp³-hybridized carbons (Fsp3) is 0. The van der Waals surface area contributed by atoms with Crippen molar-refractivity contribution in [1.29, 1.82) is 0 Å². The molecule has 0 rings (SSSR count). The number of hydrogen-bond donors (Lipinski definition) is 0. The van der Waals surface area contributed by atoms with E-state index in [0.717, 1.165) is 0 Å². The Bertz CT molecular complexity index is 17.7. The van der Waals surface area contributed by atoms with Crippen molar-refractivity contribution in [3.8, 4) is 0 Å². The van der Waals surface area contributed by atoms with E-state index in [1.807, 2.05) is 0 Å². The van der Waals surface area contributed by atoms with Gasteiger partial charge in [0.1, 0.15) is 0 Å². The van der Waals surface area contributed by atoms with Crippen LogP contribution in [0.5, 0.6) is 0 Å². The summed E-state index contributed by atoms with van der Waals surface area (Å²) in [5.41, 5.74) is 0. The van der Waals surface area contributed by atoms with Crippen LogP contribution in [0.4, 0.5) is 0 Å². The summed E-state index contributed by atoms with van der Waals surface area (Å²) in [5, 5.41) is 0. The van der Waals surface area contributed by atoms with Gasteiger partial charge in [-0.3, -0.25) is 0 Å². The van der Waals surface area contributed by atoms with E-state index in [9.17, 15) is 0 Å². The van der Waals surface area contributed by atoms with Crippen LogP contribution < -0.4 is 18.9 Å². The molecule has 0 amide bonds. The van der Waals surface area contributed by atoms with Crippen molar-refractivity contribution < 1.29 is 90.2 Å². The monoisotopic (exact) mass is 255 g/mol. The molecule has 0 saturated heterocycles. The molecule has 0 aliphatic heterocycles. The van der Waals surface area contributed by atoms with E-state index in [2.05, 4.69) is 15.7 Å². The van der Waals surface area contributed by atoms with Crippen molar-refractivity contribution >= 4 is 0 Å². The van der Waals surface area contributed by atoms with Gasteiger partial charge in [-0.05, 0) is 0 Å². The van der Waals surface area contributed by atoms with Crippen molar-refractivity contribution in [2.24, 2.45) is 0 Å². The molecule has 0 heterocycles. The standard InChI is InChI=1S/2Co.Li.Mn.Ni.O.H/q;;+1;;;;-1. The van der Waals surface area contributed by atoms with E-state index in [1.54, 1.807) is 0 Å². The second kappa shape index (κ2) is 52.2. The zero-order valence-electron chi connectivity index (χ0n) is 3.77. The molecule has 0 saturated carbocycles. The third-order valence-corrected chi connectivity index (χ3v) is 0. The molecule has 0 spiro atoms. The Balaban J connectivity index is -0.000000000500. The maximum atomic E-state index is 7.94. The third-order valence-electron chi connectivity index (χ3n) is 0. The van der Waals surface area contributed by atoms with Gasteiger partial charge >= 0.3 is 38.4 Å². The zero-order chi connectivity index (χ0) is 2.00. The van der Waals surface area contributed by atoms with Gasteiger partial charge in [-0.15, -0.1) is 0 Å². The summed E-state index contributed by atoms with van der Waals surface area (Å²) in [6.07, 6.45) is 0. The molecule has 43 valence electrons. The Hall–Kier alpha value is 2.42. The quantitative estimate of drug-likeness (QED) is 0.422. The van der Waals surface area contributed by atoms with Gasteiger partial charge in [-0.2, -0.15) is 0 Å². The summed E-state index contributed by atoms with van der Waals surface area (Å²) in [6.45, 7) is 0. The minimum absolute atomic E-state index is 0. The average Bonchev–Trinajstić information content (AvgIpc) is 1.00. The van der Waals surface area contributed by atoms with Gasteiger partial charge in [0, 0.05) is 50.3 Å². The summed E-state index contributed by atoms with van der Waals surface area (Å²) >= 11 is 2.31. The Morgan fingerprint density at radius 1 is 1.33 bits per heavy atom. The molecule has 0 aromatic carbocycles. The first kappa shape index (κ1) is 39.6. The Labute approximate surface area is 89.2 Å². The molecular formula is HCo2LiMnNiO. The first-order chi connectivity index (χ1) is 1.00. The molecule has 0 aromatic heterocycles. The number of rotatable bonds is 0. The Morgan fingerprint density at radius 2 is 1.33 bits per heavy atom. The van der Waals surface area contributed by atoms with Gasteiger partial charge in [0.15, 0.2) is 0 Å². The molecular weight excluding hydrogens is 254 g/mol.